The number of hydrogen-bond donors (Lipinski definition) is 1. The molecule has 1 N–H and O–H groups in total. The second kappa shape index (κ2) is 8.44. The first kappa shape index (κ1) is 31.7. The molecule has 0 spiro atoms. The van der Waals surface area contributed by atoms with E-state index in [0.717, 1.165) is 0 Å². The van der Waals surface area contributed by atoms with Crippen molar-refractivity contribution in [2.75, 3.05) is 40.8 Å². The quantitative estimate of drug-likeness (QED) is 0.216. The standard InChI is InChI=1S/C14H16F17N2/c1-33(2,3)5-4-32-6-7(15,16)8(17,18)9(19,20)10(21,22)11(23,24)12(25,26)13(27,28)14(29,30)31/h32H,4-6H2,1-3H3/q+1. The van der Waals surface area contributed by atoms with Gasteiger partial charge in [0.2, 0.25) is 0 Å². The molecule has 0 atom stereocenters. The van der Waals surface area contributed by atoms with Gasteiger partial charge in [0.1, 0.15) is 0 Å². The molecule has 0 aromatic rings. The summed E-state index contributed by atoms with van der Waals surface area (Å²) in [6.45, 7) is -3.47. The number of likely N-dealkylation sites (N-methyl/N-ethyl adjacent to an activating group) is 1. The monoisotopic (exact) mass is 535 g/mol. The molecule has 0 aromatic heterocycles. The minimum absolute atomic E-state index is 0.0437. The van der Waals surface area contributed by atoms with Gasteiger partial charge in [-0.25, -0.2) is 0 Å². The molecule has 0 rings (SSSR count). The third-order valence-electron chi connectivity index (χ3n) is 4.09. The van der Waals surface area contributed by atoms with Crippen LogP contribution in [0.5, 0.6) is 0 Å². The van der Waals surface area contributed by atoms with Gasteiger partial charge < -0.3 is 9.80 Å². The van der Waals surface area contributed by atoms with Crippen LogP contribution < -0.4 is 5.32 Å². The average Bonchev–Trinajstić information content (AvgIpc) is 2.55. The predicted octanol–water partition coefficient (Wildman–Crippen LogP) is 5.29. The highest BCUT2D eigenvalue weighted by Crippen LogP contribution is 2.63. The largest absolute Gasteiger partial charge is 0.460 e. The Kier molecular flexibility index (Phi) is 8.11. The van der Waals surface area contributed by atoms with Crippen LogP contribution in [0.25, 0.3) is 0 Å². The SMILES string of the molecule is C[N+](C)(C)CCNCC(F)(F)C(F)(F)C(F)(F)C(F)(F)C(F)(F)C(F)(F)C(F)(F)C(F)(F)F. The van der Waals surface area contributed by atoms with E-state index in [0.29, 0.717) is 0 Å². The lowest BCUT2D eigenvalue weighted by molar-refractivity contribution is -0.869. The molecule has 0 saturated carbocycles. The van der Waals surface area contributed by atoms with Crippen molar-refractivity contribution >= 4 is 0 Å². The molecule has 0 fully saturated rings. The molecule has 0 aliphatic rings. The van der Waals surface area contributed by atoms with E-state index in [1.165, 1.54) is 26.5 Å². The number of quaternary nitrogens is 1. The van der Waals surface area contributed by atoms with Crippen LogP contribution in [0.4, 0.5) is 74.6 Å². The van der Waals surface area contributed by atoms with Gasteiger partial charge in [-0.05, 0) is 0 Å². The predicted molar refractivity (Wildman–Crippen MR) is 76.5 cm³/mol. The van der Waals surface area contributed by atoms with Crippen LogP contribution in [0.1, 0.15) is 0 Å². The first-order valence-electron chi connectivity index (χ1n) is 8.18. The Hall–Kier alpha value is -1.27. The highest BCUT2D eigenvalue weighted by Gasteiger charge is 2.95. The minimum Gasteiger partial charge on any atom is -0.330 e. The van der Waals surface area contributed by atoms with Crippen LogP contribution in [-0.2, 0) is 0 Å². The summed E-state index contributed by atoms with van der Waals surface area (Å²) in [5.41, 5.74) is 0. The van der Waals surface area contributed by atoms with Gasteiger partial charge >= 0.3 is 47.6 Å². The van der Waals surface area contributed by atoms with E-state index >= 15 is 0 Å². The third-order valence-corrected chi connectivity index (χ3v) is 4.09. The topological polar surface area (TPSA) is 12.0 Å². The molecule has 19 heteroatoms. The highest BCUT2D eigenvalue weighted by molar-refractivity contribution is 5.15. The molecule has 2 nitrogen and oxygen atoms in total. The smallest absolute Gasteiger partial charge is 0.330 e. The van der Waals surface area contributed by atoms with Crippen LogP contribution in [0.2, 0.25) is 0 Å². The van der Waals surface area contributed by atoms with E-state index in [2.05, 4.69) is 0 Å². The van der Waals surface area contributed by atoms with Crippen molar-refractivity contribution in [1.29, 1.82) is 0 Å². The summed E-state index contributed by atoms with van der Waals surface area (Å²) in [6.07, 6.45) is -7.76. The lowest BCUT2D eigenvalue weighted by atomic mass is 9.89. The molecule has 0 radical (unpaired) electrons. The Morgan fingerprint density at radius 1 is 0.485 bits per heavy atom. The van der Waals surface area contributed by atoms with E-state index in [9.17, 15) is 74.6 Å². The second-order valence-electron chi connectivity index (χ2n) is 7.84. The Balaban J connectivity index is 6.26. The summed E-state index contributed by atoms with van der Waals surface area (Å²) >= 11 is 0. The van der Waals surface area contributed by atoms with Gasteiger partial charge in [0, 0.05) is 6.54 Å². The number of hydrogen-bond acceptors (Lipinski definition) is 1. The maximum absolute atomic E-state index is 13.6. The number of alkyl halides is 17. The normalized spacial score (nSPS) is 16.4. The number of halogens is 17. The zero-order chi connectivity index (χ0) is 27.3. The van der Waals surface area contributed by atoms with Crippen LogP contribution in [0, 0.1) is 0 Å². The van der Waals surface area contributed by atoms with E-state index < -0.39 is 60.7 Å². The summed E-state index contributed by atoms with van der Waals surface area (Å²) in [4.78, 5) is 0. The maximum Gasteiger partial charge on any atom is 0.460 e. The summed E-state index contributed by atoms with van der Waals surface area (Å²) in [7, 11) is 4.26. The van der Waals surface area contributed by atoms with Gasteiger partial charge in [0.15, 0.2) is 0 Å². The highest BCUT2D eigenvalue weighted by atomic mass is 19.4. The van der Waals surface area contributed by atoms with Gasteiger partial charge in [-0.3, -0.25) is 0 Å². The zero-order valence-electron chi connectivity index (χ0n) is 16.5. The number of nitrogens with zero attached hydrogens (tertiary/aromatic N) is 1. The Labute approximate surface area is 174 Å². The summed E-state index contributed by atoms with van der Waals surface area (Å²) in [6, 6.07) is 0. The minimum atomic E-state index is -8.60. The molecule has 33 heavy (non-hydrogen) atoms. The van der Waals surface area contributed by atoms with Crippen LogP contribution in [0.15, 0.2) is 0 Å². The first-order chi connectivity index (χ1) is 14.0. The summed E-state index contributed by atoms with van der Waals surface area (Å²) < 4.78 is 222. The van der Waals surface area contributed by atoms with Crippen molar-refractivity contribution < 1.29 is 79.1 Å². The molecule has 0 aromatic carbocycles. The first-order valence-corrected chi connectivity index (χ1v) is 8.18. The number of nitrogens with one attached hydrogen (secondary N) is 1. The molecule has 0 bridgehead atoms. The maximum atomic E-state index is 13.6. The molecule has 0 aliphatic carbocycles. The van der Waals surface area contributed by atoms with Crippen molar-refractivity contribution in [3.8, 4) is 0 Å². The molecule has 0 saturated heterocycles. The van der Waals surface area contributed by atoms with Crippen molar-refractivity contribution in [2.45, 2.75) is 47.6 Å². The Morgan fingerprint density at radius 2 is 0.788 bits per heavy atom. The van der Waals surface area contributed by atoms with Crippen molar-refractivity contribution in [3.63, 3.8) is 0 Å². The molecular weight excluding hydrogens is 519 g/mol. The van der Waals surface area contributed by atoms with E-state index in [4.69, 9.17) is 0 Å². The fourth-order valence-corrected chi connectivity index (χ4v) is 1.97. The molecular formula is C14H16F17N2+. The van der Waals surface area contributed by atoms with Crippen LogP contribution >= 0.6 is 0 Å². The number of rotatable bonds is 11. The summed E-state index contributed by atoms with van der Waals surface area (Å²) in [5.74, 6) is -56.1. The lowest BCUT2D eigenvalue weighted by Gasteiger charge is -2.42. The molecule has 200 valence electrons. The van der Waals surface area contributed by atoms with Crippen molar-refractivity contribution in [3.05, 3.63) is 0 Å². The van der Waals surface area contributed by atoms with Gasteiger partial charge in [0.25, 0.3) is 0 Å². The average molecular weight is 535 g/mol. The van der Waals surface area contributed by atoms with Gasteiger partial charge in [-0.2, -0.15) is 74.6 Å². The Bertz CT molecular complexity index is 674. The van der Waals surface area contributed by atoms with Crippen molar-refractivity contribution in [1.82, 2.24) is 5.32 Å². The van der Waals surface area contributed by atoms with Gasteiger partial charge in [-0.1, -0.05) is 0 Å². The van der Waals surface area contributed by atoms with E-state index in [1.54, 1.807) is 0 Å². The molecule has 0 heterocycles. The lowest BCUT2D eigenvalue weighted by Crippen LogP contribution is -2.75. The fraction of sp³-hybridized carbons (Fsp3) is 1.00. The molecule has 0 aliphatic heterocycles. The molecule has 0 amide bonds. The van der Waals surface area contributed by atoms with Crippen molar-refractivity contribution in [2.24, 2.45) is 0 Å². The van der Waals surface area contributed by atoms with E-state index in [1.807, 2.05) is 0 Å². The fourth-order valence-electron chi connectivity index (χ4n) is 1.97. The summed E-state index contributed by atoms with van der Waals surface area (Å²) in [5, 5.41) is 1.40. The molecule has 0 unspecified atom stereocenters. The van der Waals surface area contributed by atoms with E-state index in [-0.39, 0.29) is 11.0 Å². The second-order valence-corrected chi connectivity index (χ2v) is 7.84. The van der Waals surface area contributed by atoms with Crippen LogP contribution in [-0.4, -0.2) is 92.9 Å². The van der Waals surface area contributed by atoms with Gasteiger partial charge in [-0.15, -0.1) is 0 Å². The third kappa shape index (κ3) is 5.07. The van der Waals surface area contributed by atoms with Gasteiger partial charge in [0.05, 0.1) is 34.2 Å². The zero-order valence-corrected chi connectivity index (χ0v) is 16.5. The van der Waals surface area contributed by atoms with Crippen LogP contribution in [0.3, 0.4) is 0 Å². The Morgan fingerprint density at radius 3 is 1.09 bits per heavy atom.